The number of aromatic nitrogens is 1. The molecule has 5 heteroatoms. The molecule has 1 aliphatic carbocycles. The molecule has 1 aromatic carbocycles. The monoisotopic (exact) mass is 356 g/mol. The maximum absolute atomic E-state index is 13.3. The van der Waals surface area contributed by atoms with Crippen LogP contribution in [0.15, 0.2) is 24.3 Å². The molecule has 5 nitrogen and oxygen atoms in total. The zero-order valence-electron chi connectivity index (χ0n) is 15.5. The molecule has 0 saturated heterocycles. The summed E-state index contributed by atoms with van der Waals surface area (Å²) in [4.78, 5) is 16.9. The van der Waals surface area contributed by atoms with Crippen molar-refractivity contribution in [1.29, 1.82) is 0 Å². The average molecular weight is 356 g/mol. The van der Waals surface area contributed by atoms with Gasteiger partial charge in [-0.2, -0.15) is 0 Å². The van der Waals surface area contributed by atoms with Gasteiger partial charge in [0.2, 0.25) is 0 Å². The maximum atomic E-state index is 13.3. The molecule has 140 valence electrons. The standard InChI is InChI=1S/C21H28N2O3/c1-3-14-10-13(12-24)11-21(20(25)26-2)18(14)22-9-8-16-15-6-4-5-7-17(15)23-19(16)21/h4-7,13-14,18,22-24H,3,8-12H2,1-2H3/t13-,14-,18+,21+/m0/s1. The Hall–Kier alpha value is -1.85. The van der Waals surface area contributed by atoms with Gasteiger partial charge in [-0.1, -0.05) is 31.5 Å². The number of H-pyrrole nitrogens is 1. The van der Waals surface area contributed by atoms with Crippen molar-refractivity contribution in [2.24, 2.45) is 11.8 Å². The van der Waals surface area contributed by atoms with E-state index in [0.717, 1.165) is 37.0 Å². The minimum atomic E-state index is -0.772. The number of esters is 1. The fraction of sp³-hybridized carbons (Fsp3) is 0.571. The highest BCUT2D eigenvalue weighted by atomic mass is 16.5. The minimum Gasteiger partial charge on any atom is -0.468 e. The first kappa shape index (κ1) is 17.6. The molecule has 2 heterocycles. The van der Waals surface area contributed by atoms with Gasteiger partial charge in [0.05, 0.1) is 7.11 Å². The third-order valence-corrected chi connectivity index (χ3v) is 6.58. The van der Waals surface area contributed by atoms with E-state index in [9.17, 15) is 9.90 Å². The molecule has 0 bridgehead atoms. The number of benzene rings is 1. The summed E-state index contributed by atoms with van der Waals surface area (Å²) >= 11 is 0. The summed E-state index contributed by atoms with van der Waals surface area (Å²) in [5, 5.41) is 14.8. The first-order valence-corrected chi connectivity index (χ1v) is 9.68. The summed E-state index contributed by atoms with van der Waals surface area (Å²) in [6, 6.07) is 8.28. The van der Waals surface area contributed by atoms with Gasteiger partial charge in [-0.15, -0.1) is 0 Å². The molecule has 1 aliphatic heterocycles. The number of methoxy groups -OCH3 is 1. The van der Waals surface area contributed by atoms with Crippen LogP contribution >= 0.6 is 0 Å². The van der Waals surface area contributed by atoms with Crippen molar-refractivity contribution >= 4 is 16.9 Å². The largest absolute Gasteiger partial charge is 0.468 e. The van der Waals surface area contributed by atoms with E-state index in [1.165, 1.54) is 18.1 Å². The van der Waals surface area contributed by atoms with E-state index >= 15 is 0 Å². The highest BCUT2D eigenvalue weighted by molar-refractivity contribution is 5.91. The van der Waals surface area contributed by atoms with Crippen LogP contribution in [0.4, 0.5) is 0 Å². The topological polar surface area (TPSA) is 74.3 Å². The van der Waals surface area contributed by atoms with Gasteiger partial charge in [0.15, 0.2) is 0 Å². The molecular formula is C21H28N2O3. The summed E-state index contributed by atoms with van der Waals surface area (Å²) in [5.74, 6) is 0.244. The van der Waals surface area contributed by atoms with Crippen LogP contribution < -0.4 is 5.32 Å². The number of hydrogen-bond donors (Lipinski definition) is 3. The van der Waals surface area contributed by atoms with E-state index in [2.05, 4.69) is 29.4 Å². The molecule has 0 spiro atoms. The van der Waals surface area contributed by atoms with Gasteiger partial charge in [0, 0.05) is 29.2 Å². The quantitative estimate of drug-likeness (QED) is 0.739. The summed E-state index contributed by atoms with van der Waals surface area (Å²) in [7, 11) is 1.48. The Balaban J connectivity index is 1.98. The van der Waals surface area contributed by atoms with Gasteiger partial charge in [-0.05, 0) is 49.3 Å². The number of ether oxygens (including phenoxy) is 1. The van der Waals surface area contributed by atoms with Crippen LogP contribution in [0, 0.1) is 11.8 Å². The molecular weight excluding hydrogens is 328 g/mol. The summed E-state index contributed by atoms with van der Waals surface area (Å²) in [5.41, 5.74) is 2.51. The summed E-state index contributed by atoms with van der Waals surface area (Å²) < 4.78 is 5.36. The lowest BCUT2D eigenvalue weighted by Gasteiger charge is -2.48. The number of aliphatic hydroxyl groups is 1. The van der Waals surface area contributed by atoms with Crippen LogP contribution in [0.5, 0.6) is 0 Å². The number of nitrogens with one attached hydrogen (secondary N) is 2. The third kappa shape index (κ3) is 2.41. The van der Waals surface area contributed by atoms with Gasteiger partial charge in [-0.25, -0.2) is 0 Å². The van der Waals surface area contributed by atoms with Crippen molar-refractivity contribution < 1.29 is 14.6 Å². The van der Waals surface area contributed by atoms with E-state index < -0.39 is 5.41 Å². The molecule has 1 saturated carbocycles. The predicted octanol–water partition coefficient (Wildman–Crippen LogP) is 2.52. The number of aromatic amines is 1. The van der Waals surface area contributed by atoms with Crippen molar-refractivity contribution in [2.75, 3.05) is 20.3 Å². The molecule has 0 amide bonds. The molecule has 26 heavy (non-hydrogen) atoms. The van der Waals surface area contributed by atoms with Crippen molar-refractivity contribution in [3.8, 4) is 0 Å². The molecule has 4 atom stereocenters. The Bertz CT molecular complexity index is 815. The van der Waals surface area contributed by atoms with Crippen LogP contribution in [0.2, 0.25) is 0 Å². The fourth-order valence-electron chi connectivity index (χ4n) is 5.46. The van der Waals surface area contributed by atoms with Crippen molar-refractivity contribution in [2.45, 2.75) is 44.1 Å². The van der Waals surface area contributed by atoms with Crippen molar-refractivity contribution in [3.05, 3.63) is 35.5 Å². The van der Waals surface area contributed by atoms with Gasteiger partial charge >= 0.3 is 5.97 Å². The lowest BCUT2D eigenvalue weighted by atomic mass is 9.59. The number of aliphatic hydroxyl groups excluding tert-OH is 1. The van der Waals surface area contributed by atoms with E-state index in [1.54, 1.807) is 0 Å². The van der Waals surface area contributed by atoms with Crippen LogP contribution in [-0.4, -0.2) is 42.4 Å². The molecule has 2 aromatic rings. The average Bonchev–Trinajstić information content (AvgIpc) is 2.97. The molecule has 1 aromatic heterocycles. The Labute approximate surface area is 154 Å². The molecule has 3 N–H and O–H groups in total. The Kier molecular flexibility index (Phi) is 4.53. The zero-order chi connectivity index (χ0) is 18.3. The van der Waals surface area contributed by atoms with Crippen molar-refractivity contribution in [3.63, 3.8) is 0 Å². The number of hydrogen-bond acceptors (Lipinski definition) is 4. The van der Waals surface area contributed by atoms with Crippen molar-refractivity contribution in [1.82, 2.24) is 10.3 Å². The molecule has 0 radical (unpaired) electrons. The molecule has 0 unspecified atom stereocenters. The normalized spacial score (nSPS) is 31.1. The SMILES string of the molecule is CC[C@H]1C[C@H](CO)C[C@]2(C(=O)OC)c3[nH]c4ccccc4c3CCN[C@H]12. The Morgan fingerprint density at radius 1 is 1.38 bits per heavy atom. The van der Waals surface area contributed by atoms with Crippen LogP contribution in [0.1, 0.15) is 37.4 Å². The lowest BCUT2D eigenvalue weighted by molar-refractivity contribution is -0.153. The van der Waals surface area contributed by atoms with Gasteiger partial charge in [-0.3, -0.25) is 4.79 Å². The second-order valence-corrected chi connectivity index (χ2v) is 7.83. The van der Waals surface area contributed by atoms with Crippen LogP contribution in [0.3, 0.4) is 0 Å². The number of carbonyl (C=O) groups is 1. The number of fused-ring (bicyclic) bond motifs is 5. The van der Waals surface area contributed by atoms with Gasteiger partial charge in [0.25, 0.3) is 0 Å². The third-order valence-electron chi connectivity index (χ3n) is 6.58. The second kappa shape index (κ2) is 6.71. The van der Waals surface area contributed by atoms with E-state index in [4.69, 9.17) is 4.74 Å². The van der Waals surface area contributed by atoms with E-state index in [1.807, 2.05) is 12.1 Å². The van der Waals surface area contributed by atoms with Crippen LogP contribution in [-0.2, 0) is 21.4 Å². The summed E-state index contributed by atoms with van der Waals surface area (Å²) in [6.45, 7) is 3.13. The number of rotatable bonds is 3. The zero-order valence-corrected chi connectivity index (χ0v) is 15.5. The molecule has 4 rings (SSSR count). The van der Waals surface area contributed by atoms with Gasteiger partial charge in [0.1, 0.15) is 5.41 Å². The molecule has 1 fully saturated rings. The highest BCUT2D eigenvalue weighted by Gasteiger charge is 2.57. The predicted molar refractivity (Wildman–Crippen MR) is 101 cm³/mol. The van der Waals surface area contributed by atoms with Crippen LogP contribution in [0.25, 0.3) is 10.9 Å². The van der Waals surface area contributed by atoms with E-state index in [0.29, 0.717) is 12.3 Å². The summed E-state index contributed by atoms with van der Waals surface area (Å²) in [6.07, 6.45) is 3.42. The number of para-hydroxylation sites is 1. The first-order chi connectivity index (χ1) is 12.7. The lowest BCUT2D eigenvalue weighted by Crippen LogP contribution is -2.61. The van der Waals surface area contributed by atoms with E-state index in [-0.39, 0.29) is 24.5 Å². The molecule has 2 aliphatic rings. The second-order valence-electron chi connectivity index (χ2n) is 7.83. The highest BCUT2D eigenvalue weighted by Crippen LogP contribution is 2.49. The Morgan fingerprint density at radius 2 is 2.19 bits per heavy atom. The minimum absolute atomic E-state index is 0.0251. The number of carbonyl (C=O) groups excluding carboxylic acids is 1. The first-order valence-electron chi connectivity index (χ1n) is 9.68. The maximum Gasteiger partial charge on any atom is 0.319 e. The fourth-order valence-corrected chi connectivity index (χ4v) is 5.46. The Morgan fingerprint density at radius 3 is 2.92 bits per heavy atom. The smallest absolute Gasteiger partial charge is 0.319 e. The van der Waals surface area contributed by atoms with Gasteiger partial charge < -0.3 is 20.1 Å².